The van der Waals surface area contributed by atoms with Crippen molar-refractivity contribution in [2.75, 3.05) is 12.0 Å². The summed E-state index contributed by atoms with van der Waals surface area (Å²) in [6, 6.07) is 16.3. The van der Waals surface area contributed by atoms with Crippen molar-refractivity contribution >= 4 is 39.5 Å². The first-order valence-electron chi connectivity index (χ1n) is 7.97. The Bertz CT molecular complexity index is 710. The van der Waals surface area contributed by atoms with Crippen LogP contribution in [0.2, 0.25) is 0 Å². The van der Waals surface area contributed by atoms with Crippen molar-refractivity contribution < 1.29 is 9.59 Å². The summed E-state index contributed by atoms with van der Waals surface area (Å²) in [5.41, 5.74) is 1.55. The summed E-state index contributed by atoms with van der Waals surface area (Å²) in [6.07, 6.45) is 2.56. The third kappa shape index (κ3) is 6.21. The number of nitrogens with one attached hydrogen (secondary N) is 2. The van der Waals surface area contributed by atoms with E-state index in [-0.39, 0.29) is 11.8 Å². The highest BCUT2D eigenvalue weighted by atomic mass is 79.9. The van der Waals surface area contributed by atoms with Crippen LogP contribution in [-0.2, 0) is 11.3 Å². The molecule has 2 aromatic carbocycles. The van der Waals surface area contributed by atoms with Gasteiger partial charge in [-0.15, -0.1) is 0 Å². The zero-order valence-electron chi connectivity index (χ0n) is 14.0. The average Bonchev–Trinajstić information content (AvgIpc) is 2.64. The van der Waals surface area contributed by atoms with E-state index in [1.54, 1.807) is 30.0 Å². The molecule has 0 unspecified atom stereocenters. The molecule has 0 aliphatic heterocycles. The molecule has 0 saturated heterocycles. The molecule has 0 heterocycles. The minimum atomic E-state index is -0.559. The molecule has 0 saturated carbocycles. The highest BCUT2D eigenvalue weighted by molar-refractivity contribution is 9.10. The lowest BCUT2D eigenvalue weighted by molar-refractivity contribution is -0.123. The summed E-state index contributed by atoms with van der Waals surface area (Å²) in [5, 5.41) is 5.76. The van der Waals surface area contributed by atoms with Crippen LogP contribution in [0, 0.1) is 0 Å². The first kappa shape index (κ1) is 19.5. The maximum atomic E-state index is 12.5. The molecular formula is C19H21BrN2O2S. The quantitative estimate of drug-likeness (QED) is 0.685. The number of carbonyl (C=O) groups is 2. The van der Waals surface area contributed by atoms with E-state index in [2.05, 4.69) is 26.6 Å². The number of hydrogen-bond acceptors (Lipinski definition) is 3. The zero-order chi connectivity index (χ0) is 18.1. The van der Waals surface area contributed by atoms with E-state index in [9.17, 15) is 9.59 Å². The van der Waals surface area contributed by atoms with Crippen LogP contribution in [0.15, 0.2) is 59.1 Å². The van der Waals surface area contributed by atoms with Crippen LogP contribution < -0.4 is 10.6 Å². The van der Waals surface area contributed by atoms with Gasteiger partial charge in [0.25, 0.3) is 5.91 Å². The lowest BCUT2D eigenvalue weighted by Gasteiger charge is -2.18. The maximum absolute atomic E-state index is 12.5. The lowest BCUT2D eigenvalue weighted by atomic mass is 10.1. The predicted octanol–water partition coefficient (Wildman–Crippen LogP) is 3.62. The van der Waals surface area contributed by atoms with Crippen molar-refractivity contribution in [3.63, 3.8) is 0 Å². The van der Waals surface area contributed by atoms with Gasteiger partial charge >= 0.3 is 0 Å². The van der Waals surface area contributed by atoms with E-state index in [1.165, 1.54) is 0 Å². The minimum Gasteiger partial charge on any atom is -0.350 e. The molecule has 2 N–H and O–H groups in total. The standard InChI is InChI=1S/C19H21BrN2O2S/c1-25-12-11-17(19(24)21-13-14-7-3-2-4-8-14)22-18(23)15-9-5-6-10-16(15)20/h2-10,17H,11-13H2,1H3,(H,21,24)(H,22,23)/t17-/m1/s1. The zero-order valence-corrected chi connectivity index (χ0v) is 16.4. The van der Waals surface area contributed by atoms with Gasteiger partial charge in [0, 0.05) is 11.0 Å². The molecule has 25 heavy (non-hydrogen) atoms. The highest BCUT2D eigenvalue weighted by Crippen LogP contribution is 2.16. The van der Waals surface area contributed by atoms with Crippen molar-refractivity contribution in [3.05, 3.63) is 70.2 Å². The van der Waals surface area contributed by atoms with Crippen LogP contribution in [0.5, 0.6) is 0 Å². The summed E-state index contributed by atoms with van der Waals surface area (Å²) in [6.45, 7) is 0.445. The maximum Gasteiger partial charge on any atom is 0.253 e. The molecule has 4 nitrogen and oxygen atoms in total. The van der Waals surface area contributed by atoms with Gasteiger partial charge in [-0.05, 0) is 52.1 Å². The van der Waals surface area contributed by atoms with Crippen LogP contribution in [0.3, 0.4) is 0 Å². The fourth-order valence-electron chi connectivity index (χ4n) is 2.29. The molecule has 0 aromatic heterocycles. The van der Waals surface area contributed by atoms with Gasteiger partial charge in [-0.3, -0.25) is 9.59 Å². The average molecular weight is 421 g/mol. The topological polar surface area (TPSA) is 58.2 Å². The number of rotatable bonds is 8. The number of hydrogen-bond donors (Lipinski definition) is 2. The second-order valence-corrected chi connectivity index (χ2v) is 7.33. The molecule has 0 spiro atoms. The van der Waals surface area contributed by atoms with E-state index in [0.29, 0.717) is 23.0 Å². The third-order valence-electron chi connectivity index (χ3n) is 3.66. The molecule has 2 rings (SSSR count). The fourth-order valence-corrected chi connectivity index (χ4v) is 3.23. The molecule has 0 fully saturated rings. The summed E-state index contributed by atoms with van der Waals surface area (Å²) in [4.78, 5) is 25.0. The Balaban J connectivity index is 2.00. The molecule has 2 amide bonds. The molecule has 6 heteroatoms. The van der Waals surface area contributed by atoms with Crippen LogP contribution in [0.25, 0.3) is 0 Å². The Morgan fingerprint density at radius 3 is 2.44 bits per heavy atom. The van der Waals surface area contributed by atoms with Crippen molar-refractivity contribution in [3.8, 4) is 0 Å². The Hall–Kier alpha value is -1.79. The molecule has 1 atom stereocenters. The van der Waals surface area contributed by atoms with Crippen molar-refractivity contribution in [1.29, 1.82) is 0 Å². The van der Waals surface area contributed by atoms with E-state index in [4.69, 9.17) is 0 Å². The normalized spacial score (nSPS) is 11.6. The summed E-state index contributed by atoms with van der Waals surface area (Å²) < 4.78 is 0.709. The molecule has 132 valence electrons. The first-order chi connectivity index (χ1) is 12.1. The monoisotopic (exact) mass is 420 g/mol. The summed E-state index contributed by atoms with van der Waals surface area (Å²) >= 11 is 5.02. The smallest absolute Gasteiger partial charge is 0.253 e. The molecule has 0 bridgehead atoms. The summed E-state index contributed by atoms with van der Waals surface area (Å²) in [5.74, 6) is 0.367. The van der Waals surface area contributed by atoms with Crippen LogP contribution in [0.4, 0.5) is 0 Å². The van der Waals surface area contributed by atoms with Crippen LogP contribution >= 0.6 is 27.7 Å². The van der Waals surface area contributed by atoms with Gasteiger partial charge in [0.2, 0.25) is 5.91 Å². The Labute approximate surface area is 160 Å². The van der Waals surface area contributed by atoms with Gasteiger partial charge < -0.3 is 10.6 Å². The Morgan fingerprint density at radius 1 is 1.08 bits per heavy atom. The molecule has 0 aliphatic carbocycles. The number of amides is 2. The fraction of sp³-hybridized carbons (Fsp3) is 0.263. The van der Waals surface area contributed by atoms with Gasteiger partial charge in [0.1, 0.15) is 6.04 Å². The number of benzene rings is 2. The Kier molecular flexibility index (Phi) is 8.01. The summed E-state index contributed by atoms with van der Waals surface area (Å²) in [7, 11) is 0. The number of carbonyl (C=O) groups excluding carboxylic acids is 2. The van der Waals surface area contributed by atoms with Gasteiger partial charge in [-0.1, -0.05) is 42.5 Å². The van der Waals surface area contributed by atoms with Crippen molar-refractivity contribution in [2.45, 2.75) is 19.0 Å². The SMILES string of the molecule is CSCC[C@@H](NC(=O)c1ccccc1Br)C(=O)NCc1ccccc1. The van der Waals surface area contributed by atoms with Crippen LogP contribution in [-0.4, -0.2) is 29.9 Å². The van der Waals surface area contributed by atoms with E-state index < -0.39 is 6.04 Å². The highest BCUT2D eigenvalue weighted by Gasteiger charge is 2.21. The van der Waals surface area contributed by atoms with E-state index in [1.807, 2.05) is 42.7 Å². The Morgan fingerprint density at radius 2 is 1.76 bits per heavy atom. The molecule has 0 aliphatic rings. The molecular weight excluding hydrogens is 400 g/mol. The van der Waals surface area contributed by atoms with Gasteiger partial charge in [0.05, 0.1) is 5.56 Å². The van der Waals surface area contributed by atoms with Crippen molar-refractivity contribution in [1.82, 2.24) is 10.6 Å². The molecule has 2 aromatic rings. The van der Waals surface area contributed by atoms with E-state index in [0.717, 1.165) is 11.3 Å². The third-order valence-corrected chi connectivity index (χ3v) is 5.00. The van der Waals surface area contributed by atoms with Gasteiger partial charge in [-0.25, -0.2) is 0 Å². The number of halogens is 1. The van der Waals surface area contributed by atoms with Crippen molar-refractivity contribution in [2.24, 2.45) is 0 Å². The van der Waals surface area contributed by atoms with Gasteiger partial charge in [0.15, 0.2) is 0 Å². The lowest BCUT2D eigenvalue weighted by Crippen LogP contribution is -2.47. The van der Waals surface area contributed by atoms with Crippen LogP contribution in [0.1, 0.15) is 22.3 Å². The van der Waals surface area contributed by atoms with E-state index >= 15 is 0 Å². The minimum absolute atomic E-state index is 0.168. The molecule has 0 radical (unpaired) electrons. The number of thioether (sulfide) groups is 1. The van der Waals surface area contributed by atoms with Gasteiger partial charge in [-0.2, -0.15) is 11.8 Å². The largest absolute Gasteiger partial charge is 0.350 e. The second-order valence-electron chi connectivity index (χ2n) is 5.49. The first-order valence-corrected chi connectivity index (χ1v) is 10.2. The predicted molar refractivity (Wildman–Crippen MR) is 107 cm³/mol. The second kappa shape index (κ2) is 10.3.